The zero-order valence-electron chi connectivity index (χ0n) is 12.5. The maximum absolute atomic E-state index is 11.8. The smallest absolute Gasteiger partial charge is 0.221 e. The van der Waals surface area contributed by atoms with Gasteiger partial charge in [-0.15, -0.1) is 0 Å². The van der Waals surface area contributed by atoms with E-state index >= 15 is 0 Å². The van der Waals surface area contributed by atoms with Crippen molar-refractivity contribution in [2.45, 2.75) is 26.8 Å². The number of carbonyl (C=O) groups excluding carboxylic acids is 1. The van der Waals surface area contributed by atoms with E-state index in [-0.39, 0.29) is 5.91 Å². The van der Waals surface area contributed by atoms with Crippen molar-refractivity contribution < 1.29 is 9.53 Å². The molecule has 2 heterocycles. The molecule has 0 saturated carbocycles. The molecule has 0 fully saturated rings. The zero-order chi connectivity index (χ0) is 15.4. The molecule has 0 aliphatic carbocycles. The average Bonchev–Trinajstić information content (AvgIpc) is 2.77. The van der Waals surface area contributed by atoms with Gasteiger partial charge in [-0.3, -0.25) is 4.79 Å². The molecule has 114 valence electrons. The Morgan fingerprint density at radius 2 is 2.29 bits per heavy atom. The second kappa shape index (κ2) is 6.71. The van der Waals surface area contributed by atoms with Crippen LogP contribution >= 0.6 is 12.2 Å². The highest BCUT2D eigenvalue weighted by atomic mass is 32.1. The van der Waals surface area contributed by atoms with Gasteiger partial charge in [-0.2, -0.15) is 4.98 Å². The number of nitrogens with zero attached hydrogens (tertiary/aromatic N) is 2. The van der Waals surface area contributed by atoms with Gasteiger partial charge in [-0.05, 0) is 24.2 Å². The number of aromatic amines is 1. The van der Waals surface area contributed by atoms with Gasteiger partial charge in [0.15, 0.2) is 10.4 Å². The van der Waals surface area contributed by atoms with E-state index in [2.05, 4.69) is 29.1 Å². The molecule has 2 rings (SSSR count). The van der Waals surface area contributed by atoms with Crippen LogP contribution < -0.4 is 10.1 Å². The Kier molecular flexibility index (Phi) is 4.95. The molecule has 21 heavy (non-hydrogen) atoms. The molecule has 2 aromatic heterocycles. The summed E-state index contributed by atoms with van der Waals surface area (Å²) >= 11 is 5.29. The van der Waals surface area contributed by atoms with Gasteiger partial charge in [0.05, 0.1) is 12.6 Å². The summed E-state index contributed by atoms with van der Waals surface area (Å²) in [7, 11) is 1.57. The fourth-order valence-electron chi connectivity index (χ4n) is 1.95. The van der Waals surface area contributed by atoms with Crippen LogP contribution in [0.25, 0.3) is 11.2 Å². The van der Waals surface area contributed by atoms with Crippen molar-refractivity contribution in [1.82, 2.24) is 19.9 Å². The lowest BCUT2D eigenvalue weighted by Crippen LogP contribution is -2.28. The summed E-state index contributed by atoms with van der Waals surface area (Å²) in [5, 5.41) is 2.89. The number of fused-ring (bicyclic) bond motifs is 1. The predicted octanol–water partition coefficient (Wildman–Crippen LogP) is 2.26. The van der Waals surface area contributed by atoms with Crippen molar-refractivity contribution in [2.75, 3.05) is 13.7 Å². The molecular formula is C14H20N4O2S. The molecule has 0 saturated heterocycles. The molecule has 7 heteroatoms. The van der Waals surface area contributed by atoms with Crippen LogP contribution in [-0.4, -0.2) is 34.1 Å². The monoisotopic (exact) mass is 308 g/mol. The van der Waals surface area contributed by atoms with Crippen molar-refractivity contribution in [1.29, 1.82) is 0 Å². The van der Waals surface area contributed by atoms with E-state index < -0.39 is 0 Å². The molecule has 0 aliphatic rings. The Hall–Kier alpha value is -1.89. The van der Waals surface area contributed by atoms with Crippen molar-refractivity contribution in [3.63, 3.8) is 0 Å². The van der Waals surface area contributed by atoms with Crippen LogP contribution in [-0.2, 0) is 11.3 Å². The second-order valence-electron chi connectivity index (χ2n) is 5.25. The second-order valence-corrected chi connectivity index (χ2v) is 5.64. The van der Waals surface area contributed by atoms with Crippen LogP contribution in [0, 0.1) is 10.7 Å². The first-order valence-electron chi connectivity index (χ1n) is 6.91. The highest BCUT2D eigenvalue weighted by Crippen LogP contribution is 2.16. The number of H-pyrrole nitrogens is 1. The average molecular weight is 308 g/mol. The minimum atomic E-state index is 0.0165. The summed E-state index contributed by atoms with van der Waals surface area (Å²) < 4.78 is 7.50. The first-order valence-corrected chi connectivity index (χ1v) is 7.32. The Morgan fingerprint density at radius 1 is 1.52 bits per heavy atom. The first-order chi connectivity index (χ1) is 10.0. The minimum absolute atomic E-state index is 0.0165. The Balaban J connectivity index is 2.12. The molecular weight excluding hydrogens is 288 g/mol. The molecule has 0 radical (unpaired) electrons. The molecule has 6 nitrogen and oxygen atoms in total. The summed E-state index contributed by atoms with van der Waals surface area (Å²) in [6.45, 7) is 5.30. The standard InChI is InChI=1S/C14H20N4O2S/c1-9(2)8-15-11(19)6-7-18-13-10(16-14(18)21)4-5-12(17-13)20-3/h4-5,9H,6-8H2,1-3H3,(H,15,19)(H,16,21). The third kappa shape index (κ3) is 3.81. The van der Waals surface area contributed by atoms with Crippen molar-refractivity contribution in [3.05, 3.63) is 16.9 Å². The maximum atomic E-state index is 11.8. The number of pyridine rings is 1. The van der Waals surface area contributed by atoms with Gasteiger partial charge >= 0.3 is 0 Å². The summed E-state index contributed by atoms with van der Waals surface area (Å²) in [4.78, 5) is 19.3. The third-order valence-electron chi connectivity index (χ3n) is 3.07. The van der Waals surface area contributed by atoms with Crippen LogP contribution in [0.2, 0.25) is 0 Å². The number of aromatic nitrogens is 3. The van der Waals surface area contributed by atoms with E-state index in [1.807, 2.05) is 10.6 Å². The Bertz CT molecular complexity index is 690. The number of ether oxygens (including phenoxy) is 1. The number of carbonyl (C=O) groups is 1. The fraction of sp³-hybridized carbons (Fsp3) is 0.500. The molecule has 0 spiro atoms. The predicted molar refractivity (Wildman–Crippen MR) is 83.9 cm³/mol. The van der Waals surface area contributed by atoms with Crippen molar-refractivity contribution in [2.24, 2.45) is 5.92 Å². The molecule has 0 unspecified atom stereocenters. The number of hydrogen-bond acceptors (Lipinski definition) is 4. The van der Waals surface area contributed by atoms with E-state index in [9.17, 15) is 4.79 Å². The van der Waals surface area contributed by atoms with Gasteiger partial charge in [0.2, 0.25) is 11.8 Å². The first kappa shape index (κ1) is 15.5. The van der Waals surface area contributed by atoms with Gasteiger partial charge < -0.3 is 19.6 Å². The molecule has 0 aliphatic heterocycles. The molecule has 0 bridgehead atoms. The summed E-state index contributed by atoms with van der Waals surface area (Å²) in [6, 6.07) is 3.64. The topological polar surface area (TPSA) is 71.9 Å². The van der Waals surface area contributed by atoms with Crippen LogP contribution in [0.4, 0.5) is 0 Å². The number of nitrogens with one attached hydrogen (secondary N) is 2. The summed E-state index contributed by atoms with van der Waals surface area (Å²) in [6.07, 6.45) is 0.368. The Morgan fingerprint density at radius 3 is 2.95 bits per heavy atom. The van der Waals surface area contributed by atoms with Crippen molar-refractivity contribution >= 4 is 29.3 Å². The molecule has 2 aromatic rings. The normalized spacial score (nSPS) is 11.0. The summed E-state index contributed by atoms with van der Waals surface area (Å²) in [5.74, 6) is 0.979. The van der Waals surface area contributed by atoms with Gasteiger partial charge in [0.25, 0.3) is 0 Å². The highest BCUT2D eigenvalue weighted by molar-refractivity contribution is 7.71. The van der Waals surface area contributed by atoms with Gasteiger partial charge in [0, 0.05) is 25.6 Å². The SMILES string of the molecule is COc1ccc2[nH]c(=S)n(CCC(=O)NCC(C)C)c2n1. The molecule has 0 aromatic carbocycles. The number of methoxy groups -OCH3 is 1. The summed E-state index contributed by atoms with van der Waals surface area (Å²) in [5.41, 5.74) is 1.54. The van der Waals surface area contributed by atoms with E-state index in [1.165, 1.54) is 0 Å². The Labute approximate surface area is 128 Å². The fourth-order valence-corrected chi connectivity index (χ4v) is 2.24. The third-order valence-corrected chi connectivity index (χ3v) is 3.39. The zero-order valence-corrected chi connectivity index (χ0v) is 13.3. The van der Waals surface area contributed by atoms with Gasteiger partial charge in [-0.1, -0.05) is 13.8 Å². The quantitative estimate of drug-likeness (QED) is 0.803. The van der Waals surface area contributed by atoms with Crippen LogP contribution in [0.1, 0.15) is 20.3 Å². The van der Waals surface area contributed by atoms with Gasteiger partial charge in [0.1, 0.15) is 0 Å². The van der Waals surface area contributed by atoms with E-state index in [0.717, 1.165) is 5.52 Å². The lowest BCUT2D eigenvalue weighted by Gasteiger charge is -2.08. The van der Waals surface area contributed by atoms with Gasteiger partial charge in [-0.25, -0.2) is 0 Å². The number of imidazole rings is 1. The van der Waals surface area contributed by atoms with Crippen molar-refractivity contribution in [3.8, 4) is 5.88 Å². The number of hydrogen-bond donors (Lipinski definition) is 2. The minimum Gasteiger partial charge on any atom is -0.481 e. The van der Waals surface area contributed by atoms with E-state index in [0.29, 0.717) is 41.7 Å². The van der Waals surface area contributed by atoms with E-state index in [4.69, 9.17) is 17.0 Å². The van der Waals surface area contributed by atoms with Crippen LogP contribution in [0.15, 0.2) is 12.1 Å². The number of amides is 1. The molecule has 2 N–H and O–H groups in total. The highest BCUT2D eigenvalue weighted by Gasteiger charge is 2.09. The largest absolute Gasteiger partial charge is 0.481 e. The lowest BCUT2D eigenvalue weighted by atomic mass is 10.2. The molecule has 0 atom stereocenters. The molecule has 1 amide bonds. The van der Waals surface area contributed by atoms with Crippen LogP contribution in [0.5, 0.6) is 5.88 Å². The lowest BCUT2D eigenvalue weighted by molar-refractivity contribution is -0.121. The number of aryl methyl sites for hydroxylation is 1. The number of rotatable bonds is 6. The van der Waals surface area contributed by atoms with Crippen LogP contribution in [0.3, 0.4) is 0 Å². The van der Waals surface area contributed by atoms with E-state index in [1.54, 1.807) is 13.2 Å². The maximum Gasteiger partial charge on any atom is 0.221 e.